The Morgan fingerprint density at radius 1 is 1.36 bits per heavy atom. The molecule has 76 valence electrons. The maximum absolute atomic E-state index is 12.1. The highest BCUT2D eigenvalue weighted by Gasteiger charge is 2.31. The molecule has 1 aromatic heterocycles. The van der Waals surface area contributed by atoms with Gasteiger partial charge in [-0.3, -0.25) is 9.98 Å². The Morgan fingerprint density at radius 3 is 2.36 bits per heavy atom. The summed E-state index contributed by atoms with van der Waals surface area (Å²) in [6.07, 6.45) is -3.21. The van der Waals surface area contributed by atoms with E-state index in [0.29, 0.717) is 11.3 Å². The van der Waals surface area contributed by atoms with E-state index in [1.807, 2.05) is 0 Å². The van der Waals surface area contributed by atoms with Crippen LogP contribution in [0.1, 0.15) is 18.2 Å². The van der Waals surface area contributed by atoms with Crippen molar-refractivity contribution >= 4 is 5.71 Å². The van der Waals surface area contributed by atoms with Gasteiger partial charge in [0.1, 0.15) is 5.69 Å². The fourth-order valence-electron chi connectivity index (χ4n) is 0.905. The van der Waals surface area contributed by atoms with Crippen LogP contribution in [-0.2, 0) is 6.18 Å². The third-order valence-electron chi connectivity index (χ3n) is 1.81. The van der Waals surface area contributed by atoms with Crippen LogP contribution in [0.4, 0.5) is 13.2 Å². The average Bonchev–Trinajstić information content (AvgIpc) is 2.15. The number of rotatable bonds is 1. The first-order valence-corrected chi connectivity index (χ1v) is 3.92. The van der Waals surface area contributed by atoms with Crippen molar-refractivity contribution in [2.45, 2.75) is 13.1 Å². The van der Waals surface area contributed by atoms with Crippen molar-refractivity contribution in [3.05, 3.63) is 29.6 Å². The number of alkyl halides is 3. The zero-order valence-electron chi connectivity index (χ0n) is 7.76. The lowest BCUT2D eigenvalue weighted by molar-refractivity contribution is -0.141. The quantitative estimate of drug-likeness (QED) is 0.642. The summed E-state index contributed by atoms with van der Waals surface area (Å²) in [5, 5.41) is 0. The highest BCUT2D eigenvalue weighted by molar-refractivity contribution is 5.98. The third kappa shape index (κ3) is 2.31. The largest absolute Gasteiger partial charge is 0.433 e. The van der Waals surface area contributed by atoms with E-state index in [2.05, 4.69) is 9.98 Å². The maximum atomic E-state index is 12.1. The standard InChI is InChI=1S/C9H9F3N2/c1-6(13-2)7-3-4-8(14-5-7)9(10,11)12/h3-5H,1-2H3. The molecule has 0 radical (unpaired) electrons. The van der Waals surface area contributed by atoms with E-state index in [-0.39, 0.29) is 0 Å². The molecule has 0 fully saturated rings. The van der Waals surface area contributed by atoms with Crippen molar-refractivity contribution < 1.29 is 13.2 Å². The summed E-state index contributed by atoms with van der Waals surface area (Å²) in [5.41, 5.74) is 0.372. The SMILES string of the molecule is CN=C(C)c1ccc(C(F)(F)F)nc1. The molecule has 0 saturated carbocycles. The molecule has 0 aliphatic carbocycles. The number of aromatic nitrogens is 1. The second kappa shape index (κ2) is 3.77. The van der Waals surface area contributed by atoms with E-state index < -0.39 is 11.9 Å². The lowest BCUT2D eigenvalue weighted by Gasteiger charge is -2.05. The fraction of sp³-hybridized carbons (Fsp3) is 0.333. The Morgan fingerprint density at radius 2 is 2.00 bits per heavy atom. The highest BCUT2D eigenvalue weighted by atomic mass is 19.4. The molecule has 1 rings (SSSR count). The smallest absolute Gasteiger partial charge is 0.293 e. The predicted octanol–water partition coefficient (Wildman–Crippen LogP) is 2.54. The number of halogens is 3. The zero-order valence-corrected chi connectivity index (χ0v) is 7.76. The fourth-order valence-corrected chi connectivity index (χ4v) is 0.905. The van der Waals surface area contributed by atoms with E-state index in [4.69, 9.17) is 0 Å². The van der Waals surface area contributed by atoms with Crippen LogP contribution in [0.5, 0.6) is 0 Å². The van der Waals surface area contributed by atoms with Crippen LogP contribution in [0, 0.1) is 0 Å². The molecule has 0 aliphatic heterocycles. The molecule has 0 atom stereocenters. The zero-order chi connectivity index (χ0) is 10.8. The van der Waals surface area contributed by atoms with Crippen molar-refractivity contribution in [2.75, 3.05) is 7.05 Å². The molecule has 0 unspecified atom stereocenters. The Labute approximate surface area is 79.5 Å². The predicted molar refractivity (Wildman–Crippen MR) is 47.4 cm³/mol. The van der Waals surface area contributed by atoms with Crippen LogP contribution in [0.3, 0.4) is 0 Å². The van der Waals surface area contributed by atoms with Gasteiger partial charge in [-0.2, -0.15) is 13.2 Å². The minimum atomic E-state index is -4.38. The molecule has 1 aromatic rings. The molecule has 0 amide bonds. The molecule has 1 heterocycles. The highest BCUT2D eigenvalue weighted by Crippen LogP contribution is 2.27. The summed E-state index contributed by atoms with van der Waals surface area (Å²) >= 11 is 0. The van der Waals surface area contributed by atoms with Gasteiger partial charge in [-0.25, -0.2) is 0 Å². The molecule has 0 N–H and O–H groups in total. The number of pyridine rings is 1. The number of hydrogen-bond acceptors (Lipinski definition) is 2. The number of nitrogens with zero attached hydrogens (tertiary/aromatic N) is 2. The minimum absolute atomic E-state index is 0.598. The van der Waals surface area contributed by atoms with Crippen molar-refractivity contribution in [1.82, 2.24) is 4.98 Å². The van der Waals surface area contributed by atoms with Crippen LogP contribution in [0.15, 0.2) is 23.3 Å². The van der Waals surface area contributed by atoms with Gasteiger partial charge in [0.25, 0.3) is 0 Å². The van der Waals surface area contributed by atoms with Gasteiger partial charge in [0, 0.05) is 24.5 Å². The van der Waals surface area contributed by atoms with E-state index in [1.54, 1.807) is 14.0 Å². The maximum Gasteiger partial charge on any atom is 0.433 e. The summed E-state index contributed by atoms with van der Waals surface area (Å²) in [5.74, 6) is 0. The molecule has 0 spiro atoms. The molecular weight excluding hydrogens is 193 g/mol. The second-order valence-electron chi connectivity index (χ2n) is 2.74. The van der Waals surface area contributed by atoms with Crippen LogP contribution in [-0.4, -0.2) is 17.7 Å². The second-order valence-corrected chi connectivity index (χ2v) is 2.74. The summed E-state index contributed by atoms with van der Waals surface area (Å²) < 4.78 is 36.3. The molecule has 0 aromatic carbocycles. The van der Waals surface area contributed by atoms with Crippen molar-refractivity contribution in [2.24, 2.45) is 4.99 Å². The first kappa shape index (κ1) is 10.7. The van der Waals surface area contributed by atoms with Crippen molar-refractivity contribution in [1.29, 1.82) is 0 Å². The Hall–Kier alpha value is -1.39. The Balaban J connectivity index is 3.01. The van der Waals surface area contributed by atoms with Gasteiger partial charge in [-0.15, -0.1) is 0 Å². The molecular formula is C9H9F3N2. The lowest BCUT2D eigenvalue weighted by Crippen LogP contribution is -2.08. The van der Waals surface area contributed by atoms with Gasteiger partial charge in [-0.05, 0) is 19.1 Å². The molecule has 0 aliphatic rings. The third-order valence-corrected chi connectivity index (χ3v) is 1.81. The molecule has 14 heavy (non-hydrogen) atoms. The van der Waals surface area contributed by atoms with E-state index in [9.17, 15) is 13.2 Å². The van der Waals surface area contributed by atoms with Crippen LogP contribution in [0.25, 0.3) is 0 Å². The molecule has 5 heteroatoms. The summed E-state index contributed by atoms with van der Waals surface area (Å²) in [7, 11) is 1.58. The van der Waals surface area contributed by atoms with E-state index in [0.717, 1.165) is 6.07 Å². The molecule has 0 bridgehead atoms. The van der Waals surface area contributed by atoms with E-state index in [1.165, 1.54) is 12.3 Å². The van der Waals surface area contributed by atoms with Crippen LogP contribution >= 0.6 is 0 Å². The normalized spacial score (nSPS) is 13.1. The van der Waals surface area contributed by atoms with Gasteiger partial charge in [0.15, 0.2) is 0 Å². The van der Waals surface area contributed by atoms with Gasteiger partial charge < -0.3 is 0 Å². The van der Waals surface area contributed by atoms with Gasteiger partial charge >= 0.3 is 6.18 Å². The summed E-state index contributed by atoms with van der Waals surface area (Å²) in [4.78, 5) is 7.16. The monoisotopic (exact) mass is 202 g/mol. The van der Waals surface area contributed by atoms with Gasteiger partial charge in [0.2, 0.25) is 0 Å². The Bertz CT molecular complexity index is 338. The van der Waals surface area contributed by atoms with Crippen LogP contribution in [0.2, 0.25) is 0 Å². The van der Waals surface area contributed by atoms with Crippen LogP contribution < -0.4 is 0 Å². The van der Waals surface area contributed by atoms with Crippen molar-refractivity contribution in [3.8, 4) is 0 Å². The first-order chi connectivity index (χ1) is 6.45. The van der Waals surface area contributed by atoms with Gasteiger partial charge in [-0.1, -0.05) is 0 Å². The Kier molecular flexibility index (Phi) is 2.88. The van der Waals surface area contributed by atoms with Gasteiger partial charge in [0.05, 0.1) is 0 Å². The molecule has 2 nitrogen and oxygen atoms in total. The summed E-state index contributed by atoms with van der Waals surface area (Å²) in [6.45, 7) is 1.71. The first-order valence-electron chi connectivity index (χ1n) is 3.92. The minimum Gasteiger partial charge on any atom is -0.293 e. The average molecular weight is 202 g/mol. The number of hydrogen-bond donors (Lipinski definition) is 0. The van der Waals surface area contributed by atoms with Crippen molar-refractivity contribution in [3.63, 3.8) is 0 Å². The number of aliphatic imine (C=N–C) groups is 1. The topological polar surface area (TPSA) is 25.2 Å². The van der Waals surface area contributed by atoms with E-state index >= 15 is 0 Å². The summed E-state index contributed by atoms with van der Waals surface area (Å²) in [6, 6.07) is 2.31. The lowest BCUT2D eigenvalue weighted by atomic mass is 10.2. The molecule has 0 saturated heterocycles.